The van der Waals surface area contributed by atoms with Crippen LogP contribution in [0, 0.1) is 11.7 Å². The maximum Gasteiger partial charge on any atom is 0.243 e. The van der Waals surface area contributed by atoms with Crippen LogP contribution in [0.1, 0.15) is 43.2 Å². The molecule has 4 rings (SSSR count). The molecule has 0 spiro atoms. The Balaban J connectivity index is 1.50. The van der Waals surface area contributed by atoms with Gasteiger partial charge < -0.3 is 20.3 Å². The lowest BCUT2D eigenvalue weighted by Gasteiger charge is -2.30. The van der Waals surface area contributed by atoms with Crippen molar-refractivity contribution in [2.45, 2.75) is 63.4 Å². The lowest BCUT2D eigenvalue weighted by molar-refractivity contribution is -0.140. The van der Waals surface area contributed by atoms with Crippen LogP contribution < -0.4 is 20.8 Å². The standard InChI is InChI=1S/C29H39BBrFN4O5S/c1-42(39,40)35-26(9-6-19-10-12-33-13-11-19)29(38)36-17-23(41-18-21-7-8-22(31)14-25(21)32)15-27(36)28(37)34-16-20-4-2-3-5-24(20)30/h2-5,7-8,14,19,23,26-27,33,35H,6,9-13,15-18,30H2,1H3,(H,34,37)/t23-,26-,27+/m1/s1. The molecule has 2 aromatic carbocycles. The molecule has 2 amide bonds. The van der Waals surface area contributed by atoms with Gasteiger partial charge in [0, 0.05) is 29.5 Å². The van der Waals surface area contributed by atoms with Gasteiger partial charge in [0.2, 0.25) is 21.8 Å². The van der Waals surface area contributed by atoms with Gasteiger partial charge in [-0.2, -0.15) is 0 Å². The quantitative estimate of drug-likeness (QED) is 0.295. The molecule has 13 heteroatoms. The van der Waals surface area contributed by atoms with Gasteiger partial charge in [-0.1, -0.05) is 51.7 Å². The molecule has 0 aromatic heterocycles. The summed E-state index contributed by atoms with van der Waals surface area (Å²) >= 11 is 3.25. The van der Waals surface area contributed by atoms with Gasteiger partial charge in [0.25, 0.3) is 0 Å². The van der Waals surface area contributed by atoms with E-state index in [0.717, 1.165) is 43.2 Å². The van der Waals surface area contributed by atoms with Crippen molar-refractivity contribution in [3.05, 3.63) is 63.9 Å². The molecule has 2 aliphatic heterocycles. The number of ether oxygens (including phenoxy) is 1. The second kappa shape index (κ2) is 14.9. The number of nitrogens with one attached hydrogen (secondary N) is 3. The van der Waals surface area contributed by atoms with Gasteiger partial charge in [0.05, 0.1) is 19.0 Å². The average molecular weight is 665 g/mol. The summed E-state index contributed by atoms with van der Waals surface area (Å²) < 4.78 is 48.1. The molecule has 0 radical (unpaired) electrons. The molecule has 2 aliphatic rings. The maximum absolute atomic E-state index is 14.4. The van der Waals surface area contributed by atoms with Crippen LogP contribution >= 0.6 is 15.9 Å². The second-order valence-corrected chi connectivity index (χ2v) is 14.0. The molecular weight excluding hydrogens is 626 g/mol. The van der Waals surface area contributed by atoms with Gasteiger partial charge in [-0.3, -0.25) is 9.59 Å². The van der Waals surface area contributed by atoms with Crippen LogP contribution in [0.2, 0.25) is 0 Å². The fourth-order valence-electron chi connectivity index (χ4n) is 5.63. The van der Waals surface area contributed by atoms with Crippen LogP contribution in [0.4, 0.5) is 4.39 Å². The third-order valence-corrected chi connectivity index (χ3v) is 9.24. The number of piperidine rings is 1. The SMILES string of the molecule is Bc1ccccc1CNC(=O)[C@@H]1C[C@@H](OCc2ccc(Br)cc2F)CN1C(=O)[C@@H](CCC1CCNCC1)NS(C)(=O)=O. The fraction of sp³-hybridized carbons (Fsp3) is 0.517. The minimum absolute atomic E-state index is 0.0237. The van der Waals surface area contributed by atoms with Crippen molar-refractivity contribution < 1.29 is 27.1 Å². The van der Waals surface area contributed by atoms with Crippen molar-refractivity contribution in [1.82, 2.24) is 20.3 Å². The summed E-state index contributed by atoms with van der Waals surface area (Å²) in [6, 6.07) is 10.6. The smallest absolute Gasteiger partial charge is 0.243 e. The van der Waals surface area contributed by atoms with E-state index in [1.807, 2.05) is 32.1 Å². The Morgan fingerprint density at radius 3 is 2.62 bits per heavy atom. The average Bonchev–Trinajstić information content (AvgIpc) is 3.38. The van der Waals surface area contributed by atoms with Crippen molar-refractivity contribution in [2.24, 2.45) is 5.92 Å². The highest BCUT2D eigenvalue weighted by Crippen LogP contribution is 2.26. The van der Waals surface area contributed by atoms with Crippen LogP contribution in [0.15, 0.2) is 46.9 Å². The summed E-state index contributed by atoms with van der Waals surface area (Å²) in [5, 5.41) is 6.27. The van der Waals surface area contributed by atoms with Gasteiger partial charge in [0.1, 0.15) is 25.7 Å². The summed E-state index contributed by atoms with van der Waals surface area (Å²) in [5.74, 6) is -0.819. The van der Waals surface area contributed by atoms with Crippen LogP contribution in [0.25, 0.3) is 0 Å². The van der Waals surface area contributed by atoms with Crippen molar-refractivity contribution in [3.8, 4) is 0 Å². The van der Waals surface area contributed by atoms with E-state index in [0.29, 0.717) is 35.3 Å². The lowest BCUT2D eigenvalue weighted by atomic mass is 9.90. The number of hydrogen-bond acceptors (Lipinski definition) is 6. The minimum Gasteiger partial charge on any atom is -0.371 e. The zero-order valence-electron chi connectivity index (χ0n) is 24.1. The molecule has 2 saturated heterocycles. The number of halogens is 2. The predicted octanol–water partition coefficient (Wildman–Crippen LogP) is 1.35. The number of rotatable bonds is 12. The monoisotopic (exact) mass is 664 g/mol. The molecular formula is C29H39BBrFN4O5S. The Morgan fingerprint density at radius 2 is 1.93 bits per heavy atom. The number of benzene rings is 2. The Labute approximate surface area is 256 Å². The van der Waals surface area contributed by atoms with Crippen LogP contribution in [0.3, 0.4) is 0 Å². The molecule has 2 heterocycles. The van der Waals surface area contributed by atoms with E-state index >= 15 is 0 Å². The fourth-order valence-corrected chi connectivity index (χ4v) is 6.70. The van der Waals surface area contributed by atoms with Crippen LogP contribution in [0.5, 0.6) is 0 Å². The highest BCUT2D eigenvalue weighted by Gasteiger charge is 2.42. The predicted molar refractivity (Wildman–Crippen MR) is 166 cm³/mol. The molecule has 0 unspecified atom stereocenters. The zero-order chi connectivity index (χ0) is 30.3. The Morgan fingerprint density at radius 1 is 1.19 bits per heavy atom. The summed E-state index contributed by atoms with van der Waals surface area (Å²) in [6.07, 6.45) is 3.68. The van der Waals surface area contributed by atoms with Gasteiger partial charge >= 0.3 is 0 Å². The van der Waals surface area contributed by atoms with Crippen molar-refractivity contribution in [3.63, 3.8) is 0 Å². The number of carbonyl (C=O) groups excluding carboxylic acids is 2. The molecule has 3 N–H and O–H groups in total. The van der Waals surface area contributed by atoms with Gasteiger partial charge in [0.15, 0.2) is 0 Å². The Hall–Kier alpha value is -2.32. The van der Waals surface area contributed by atoms with E-state index in [9.17, 15) is 22.4 Å². The number of amides is 2. The normalized spacial score (nSPS) is 20.4. The van der Waals surface area contributed by atoms with E-state index in [-0.39, 0.29) is 25.5 Å². The molecule has 42 heavy (non-hydrogen) atoms. The molecule has 3 atom stereocenters. The first-order valence-corrected chi connectivity index (χ1v) is 17.0. The Bertz CT molecular complexity index is 1360. The number of carbonyl (C=O) groups is 2. The molecule has 2 aromatic rings. The van der Waals surface area contributed by atoms with Crippen molar-refractivity contribution in [1.29, 1.82) is 0 Å². The lowest BCUT2D eigenvalue weighted by Crippen LogP contribution is -2.53. The van der Waals surface area contributed by atoms with Gasteiger partial charge in [-0.25, -0.2) is 17.5 Å². The maximum atomic E-state index is 14.4. The number of likely N-dealkylation sites (tertiary alicyclic amines) is 1. The Kier molecular flexibility index (Phi) is 11.6. The number of nitrogens with zero attached hydrogens (tertiary/aromatic N) is 1. The topological polar surface area (TPSA) is 117 Å². The molecule has 0 bridgehead atoms. The van der Waals surface area contributed by atoms with E-state index in [1.54, 1.807) is 12.1 Å². The largest absolute Gasteiger partial charge is 0.371 e. The second-order valence-electron chi connectivity index (χ2n) is 11.3. The molecule has 228 valence electrons. The van der Waals surface area contributed by atoms with Crippen LogP contribution in [-0.2, 0) is 37.5 Å². The first kappa shape index (κ1) is 32.6. The van der Waals surface area contributed by atoms with Crippen molar-refractivity contribution in [2.75, 3.05) is 25.9 Å². The van der Waals surface area contributed by atoms with Gasteiger partial charge in [-0.15, -0.1) is 0 Å². The van der Waals surface area contributed by atoms with E-state index in [2.05, 4.69) is 31.3 Å². The third kappa shape index (κ3) is 9.34. The van der Waals surface area contributed by atoms with E-state index < -0.39 is 39.9 Å². The van der Waals surface area contributed by atoms with Crippen LogP contribution in [-0.4, -0.2) is 77.1 Å². The summed E-state index contributed by atoms with van der Waals surface area (Å²) in [7, 11) is -1.73. The van der Waals surface area contributed by atoms with Crippen molar-refractivity contribution >= 4 is 51.1 Å². The highest BCUT2D eigenvalue weighted by atomic mass is 79.9. The first-order valence-electron chi connectivity index (χ1n) is 14.4. The highest BCUT2D eigenvalue weighted by molar-refractivity contribution is 9.10. The molecule has 2 fully saturated rings. The van der Waals surface area contributed by atoms with E-state index in [1.165, 1.54) is 11.0 Å². The zero-order valence-corrected chi connectivity index (χ0v) is 26.5. The first-order chi connectivity index (χ1) is 20.0. The summed E-state index contributed by atoms with van der Waals surface area (Å²) in [4.78, 5) is 28.9. The number of hydrogen-bond donors (Lipinski definition) is 3. The summed E-state index contributed by atoms with van der Waals surface area (Å²) in [5.41, 5.74) is 2.35. The van der Waals surface area contributed by atoms with Gasteiger partial charge in [-0.05, 0) is 62.4 Å². The molecule has 0 aliphatic carbocycles. The number of sulfonamides is 1. The summed E-state index contributed by atoms with van der Waals surface area (Å²) in [6.45, 7) is 2.16. The molecule has 0 saturated carbocycles. The van der Waals surface area contributed by atoms with E-state index in [4.69, 9.17) is 4.74 Å². The minimum atomic E-state index is -3.69. The third-order valence-electron chi connectivity index (χ3n) is 8.03. The molecule has 9 nitrogen and oxygen atoms in total.